The highest BCUT2D eigenvalue weighted by Gasteiger charge is 2.17. The Labute approximate surface area is 154 Å². The molecule has 0 atom stereocenters. The number of amides is 1. The molecule has 0 fully saturated rings. The number of nitrogens with zero attached hydrogens (tertiary/aromatic N) is 3. The zero-order valence-electron chi connectivity index (χ0n) is 14.3. The maximum Gasteiger partial charge on any atom is 0.293 e. The summed E-state index contributed by atoms with van der Waals surface area (Å²) in [6.07, 6.45) is 0. The summed E-state index contributed by atoms with van der Waals surface area (Å²) in [4.78, 5) is 19.3. The Bertz CT molecular complexity index is 867. The van der Waals surface area contributed by atoms with Gasteiger partial charge in [-0.15, -0.1) is 0 Å². The third-order valence-corrected chi connectivity index (χ3v) is 4.64. The minimum absolute atomic E-state index is 0.245. The molecule has 0 aliphatic carbocycles. The molecular weight excluding hydrogens is 384 g/mol. The Morgan fingerprint density at radius 2 is 2.00 bits per heavy atom. The first-order valence-electron chi connectivity index (χ1n) is 8.36. The molecule has 3 aromatic rings. The molecule has 0 saturated carbocycles. The SMILES string of the molecule is CCN(CC)CCn1c(NC(=O)c2ccc(Br)o2)nc2ccccc21. The van der Waals surface area contributed by atoms with Crippen LogP contribution in [0.1, 0.15) is 24.4 Å². The van der Waals surface area contributed by atoms with Gasteiger partial charge in [-0.3, -0.25) is 10.1 Å². The molecule has 0 aliphatic heterocycles. The lowest BCUT2D eigenvalue weighted by Crippen LogP contribution is -2.27. The van der Waals surface area contributed by atoms with Gasteiger partial charge < -0.3 is 13.9 Å². The molecule has 1 amide bonds. The molecule has 25 heavy (non-hydrogen) atoms. The Morgan fingerprint density at radius 1 is 1.24 bits per heavy atom. The fourth-order valence-corrected chi connectivity index (χ4v) is 3.08. The molecule has 6 nitrogen and oxygen atoms in total. The number of hydrogen-bond donors (Lipinski definition) is 1. The minimum Gasteiger partial charge on any atom is -0.444 e. The summed E-state index contributed by atoms with van der Waals surface area (Å²) < 4.78 is 7.89. The highest BCUT2D eigenvalue weighted by molar-refractivity contribution is 9.10. The lowest BCUT2D eigenvalue weighted by atomic mass is 10.3. The van der Waals surface area contributed by atoms with Crippen molar-refractivity contribution in [2.75, 3.05) is 25.0 Å². The second-order valence-corrected chi connectivity index (χ2v) is 6.44. The number of rotatable bonds is 7. The number of benzene rings is 1. The number of halogens is 1. The Kier molecular flexibility index (Phi) is 5.55. The monoisotopic (exact) mass is 404 g/mol. The van der Waals surface area contributed by atoms with E-state index in [4.69, 9.17) is 4.42 Å². The third kappa shape index (κ3) is 3.93. The van der Waals surface area contributed by atoms with Crippen LogP contribution in [-0.2, 0) is 6.54 Å². The maximum absolute atomic E-state index is 12.4. The summed E-state index contributed by atoms with van der Waals surface area (Å²) >= 11 is 3.21. The molecule has 0 bridgehead atoms. The van der Waals surface area contributed by atoms with Gasteiger partial charge in [0.25, 0.3) is 5.91 Å². The molecule has 0 saturated heterocycles. The average Bonchev–Trinajstić information content (AvgIpc) is 3.20. The van der Waals surface area contributed by atoms with Crippen molar-refractivity contribution in [2.24, 2.45) is 0 Å². The van der Waals surface area contributed by atoms with E-state index in [1.165, 1.54) is 0 Å². The predicted octanol–water partition coefficient (Wildman–Crippen LogP) is 3.99. The van der Waals surface area contributed by atoms with Gasteiger partial charge >= 0.3 is 0 Å². The topological polar surface area (TPSA) is 63.3 Å². The van der Waals surface area contributed by atoms with Crippen molar-refractivity contribution >= 4 is 38.8 Å². The standard InChI is InChI=1S/C18H21BrN4O2/c1-3-22(4-2)11-12-23-14-8-6-5-7-13(14)20-18(23)21-17(24)15-9-10-16(19)25-15/h5-10H,3-4,11-12H2,1-2H3,(H,20,21,24). The van der Waals surface area contributed by atoms with Crippen LogP contribution in [0.5, 0.6) is 0 Å². The van der Waals surface area contributed by atoms with E-state index in [2.05, 4.69) is 45.0 Å². The molecular formula is C18H21BrN4O2. The molecule has 0 spiro atoms. The molecule has 0 radical (unpaired) electrons. The number of imidazole rings is 1. The fraction of sp³-hybridized carbons (Fsp3) is 0.333. The van der Waals surface area contributed by atoms with Gasteiger partial charge in [-0.1, -0.05) is 26.0 Å². The molecule has 1 N–H and O–H groups in total. The Morgan fingerprint density at radius 3 is 2.68 bits per heavy atom. The summed E-state index contributed by atoms with van der Waals surface area (Å²) in [6.45, 7) is 7.92. The number of anilines is 1. The molecule has 7 heteroatoms. The summed E-state index contributed by atoms with van der Waals surface area (Å²) in [6, 6.07) is 11.2. The predicted molar refractivity (Wildman–Crippen MR) is 102 cm³/mol. The van der Waals surface area contributed by atoms with Crippen LogP contribution in [0.15, 0.2) is 45.5 Å². The highest BCUT2D eigenvalue weighted by Crippen LogP contribution is 2.21. The Hall–Kier alpha value is -2.12. The van der Waals surface area contributed by atoms with Crippen LogP contribution in [0.3, 0.4) is 0 Å². The number of carbonyl (C=O) groups excluding carboxylic acids is 1. The number of fused-ring (bicyclic) bond motifs is 1. The summed E-state index contributed by atoms with van der Waals surface area (Å²) in [5, 5.41) is 2.87. The van der Waals surface area contributed by atoms with Gasteiger partial charge in [-0.25, -0.2) is 4.98 Å². The van der Waals surface area contributed by atoms with Crippen molar-refractivity contribution in [1.29, 1.82) is 0 Å². The van der Waals surface area contributed by atoms with Gasteiger partial charge in [0.05, 0.1) is 11.0 Å². The van der Waals surface area contributed by atoms with Crippen LogP contribution in [0.4, 0.5) is 5.95 Å². The van der Waals surface area contributed by atoms with Gasteiger partial charge in [-0.05, 0) is 53.3 Å². The number of carbonyl (C=O) groups is 1. The number of likely N-dealkylation sites (N-methyl/N-ethyl adjacent to an activating group) is 1. The molecule has 2 aromatic heterocycles. The molecule has 1 aromatic carbocycles. The summed E-state index contributed by atoms with van der Waals surface area (Å²) in [5.74, 6) is 0.463. The third-order valence-electron chi connectivity index (χ3n) is 4.21. The van der Waals surface area contributed by atoms with Crippen LogP contribution in [0.25, 0.3) is 11.0 Å². The first kappa shape index (κ1) is 17.7. The van der Waals surface area contributed by atoms with Crippen molar-refractivity contribution in [3.8, 4) is 0 Å². The lowest BCUT2D eigenvalue weighted by Gasteiger charge is -2.19. The first-order valence-corrected chi connectivity index (χ1v) is 9.16. The van der Waals surface area contributed by atoms with Crippen molar-refractivity contribution in [3.63, 3.8) is 0 Å². The molecule has 2 heterocycles. The second-order valence-electron chi connectivity index (χ2n) is 5.66. The normalized spacial score (nSPS) is 11.4. The van der Waals surface area contributed by atoms with Crippen LogP contribution in [-0.4, -0.2) is 40.0 Å². The fourth-order valence-electron chi connectivity index (χ4n) is 2.78. The second kappa shape index (κ2) is 7.84. The van der Waals surface area contributed by atoms with Crippen molar-refractivity contribution < 1.29 is 9.21 Å². The Balaban J connectivity index is 1.88. The molecule has 0 unspecified atom stereocenters. The van der Waals surface area contributed by atoms with E-state index in [0.717, 1.165) is 37.2 Å². The van der Waals surface area contributed by atoms with Gasteiger partial charge in [0.15, 0.2) is 10.4 Å². The highest BCUT2D eigenvalue weighted by atomic mass is 79.9. The average molecular weight is 405 g/mol. The van der Waals surface area contributed by atoms with Crippen LogP contribution < -0.4 is 5.32 Å². The van der Waals surface area contributed by atoms with Crippen molar-refractivity contribution in [2.45, 2.75) is 20.4 Å². The van der Waals surface area contributed by atoms with E-state index < -0.39 is 0 Å². The summed E-state index contributed by atoms with van der Waals surface area (Å²) in [7, 11) is 0. The van der Waals surface area contributed by atoms with E-state index in [-0.39, 0.29) is 11.7 Å². The van der Waals surface area contributed by atoms with Gasteiger partial charge in [0.1, 0.15) is 0 Å². The number of aromatic nitrogens is 2. The lowest BCUT2D eigenvalue weighted by molar-refractivity contribution is 0.0994. The maximum atomic E-state index is 12.4. The summed E-state index contributed by atoms with van der Waals surface area (Å²) in [5.41, 5.74) is 1.86. The van der Waals surface area contributed by atoms with E-state index in [0.29, 0.717) is 10.6 Å². The first-order chi connectivity index (χ1) is 12.1. The van der Waals surface area contributed by atoms with Crippen molar-refractivity contribution in [3.05, 3.63) is 46.8 Å². The van der Waals surface area contributed by atoms with Crippen LogP contribution >= 0.6 is 15.9 Å². The quantitative estimate of drug-likeness (QED) is 0.646. The van der Waals surface area contributed by atoms with Crippen molar-refractivity contribution in [1.82, 2.24) is 14.5 Å². The van der Waals surface area contributed by atoms with E-state index in [1.807, 2.05) is 28.8 Å². The zero-order valence-corrected chi connectivity index (χ0v) is 15.9. The number of hydrogen-bond acceptors (Lipinski definition) is 4. The number of nitrogens with one attached hydrogen (secondary N) is 1. The van der Waals surface area contributed by atoms with Gasteiger partial charge in [0, 0.05) is 13.1 Å². The molecule has 0 aliphatic rings. The molecule has 3 rings (SSSR count). The van der Waals surface area contributed by atoms with Crippen LogP contribution in [0.2, 0.25) is 0 Å². The minimum atomic E-state index is -0.315. The number of furan rings is 1. The van der Waals surface area contributed by atoms with Gasteiger partial charge in [-0.2, -0.15) is 0 Å². The largest absolute Gasteiger partial charge is 0.444 e. The van der Waals surface area contributed by atoms with Gasteiger partial charge in [0.2, 0.25) is 5.95 Å². The van der Waals surface area contributed by atoms with E-state index in [9.17, 15) is 4.79 Å². The van der Waals surface area contributed by atoms with Crippen LogP contribution in [0, 0.1) is 0 Å². The van der Waals surface area contributed by atoms with E-state index >= 15 is 0 Å². The molecule has 132 valence electrons. The zero-order chi connectivity index (χ0) is 17.8. The van der Waals surface area contributed by atoms with E-state index in [1.54, 1.807) is 12.1 Å². The smallest absolute Gasteiger partial charge is 0.293 e. The number of para-hydroxylation sites is 2.